The molecule has 2 aromatic heterocycles. The topological polar surface area (TPSA) is 93.8 Å². The van der Waals surface area contributed by atoms with E-state index in [1.165, 1.54) is 11.1 Å². The SMILES string of the molecule is CCCc1cc(C)[nH]c(=O)c1CNC(=O)c1cc(-c2ccc(N3CCN(C)CC3)nc2)c2c(c1C)C(N(CC)C1CCOCC1)CC2. The minimum atomic E-state index is -0.143. The van der Waals surface area contributed by atoms with E-state index in [-0.39, 0.29) is 24.1 Å². The third-order valence-electron chi connectivity index (χ3n) is 10.6. The average molecular weight is 641 g/mol. The Morgan fingerprint density at radius 2 is 1.85 bits per heavy atom. The number of benzene rings is 1. The highest BCUT2D eigenvalue weighted by molar-refractivity contribution is 5.98. The molecule has 2 fully saturated rings. The van der Waals surface area contributed by atoms with Crippen molar-refractivity contribution in [3.05, 3.63) is 79.9 Å². The molecule has 0 bridgehead atoms. The Hall–Kier alpha value is -3.53. The first-order valence-corrected chi connectivity index (χ1v) is 17.7. The lowest BCUT2D eigenvalue weighted by molar-refractivity contribution is 0.0186. The molecule has 252 valence electrons. The number of fused-ring (bicyclic) bond motifs is 1. The van der Waals surface area contributed by atoms with Gasteiger partial charge in [0.25, 0.3) is 11.5 Å². The van der Waals surface area contributed by atoms with Crippen molar-refractivity contribution in [1.82, 2.24) is 25.1 Å². The zero-order valence-corrected chi connectivity index (χ0v) is 29.0. The van der Waals surface area contributed by atoms with Gasteiger partial charge in [-0.05, 0) is 112 Å². The molecule has 0 saturated carbocycles. The van der Waals surface area contributed by atoms with Crippen LogP contribution in [0.1, 0.15) is 89.4 Å². The molecule has 2 aliphatic heterocycles. The zero-order chi connectivity index (χ0) is 33.1. The summed E-state index contributed by atoms with van der Waals surface area (Å²) in [7, 11) is 2.16. The predicted octanol–water partition coefficient (Wildman–Crippen LogP) is 5.18. The maximum absolute atomic E-state index is 14.1. The molecule has 3 aliphatic rings. The van der Waals surface area contributed by atoms with E-state index in [1.54, 1.807) is 0 Å². The van der Waals surface area contributed by atoms with Crippen molar-refractivity contribution in [2.45, 2.75) is 84.8 Å². The molecule has 1 aliphatic carbocycles. The minimum absolute atomic E-state index is 0.123. The van der Waals surface area contributed by atoms with Gasteiger partial charge in [-0.3, -0.25) is 14.5 Å². The number of nitrogens with one attached hydrogen (secondary N) is 2. The molecule has 3 aromatic rings. The number of nitrogens with zero attached hydrogens (tertiary/aromatic N) is 4. The number of carbonyl (C=O) groups excluding carboxylic acids is 1. The summed E-state index contributed by atoms with van der Waals surface area (Å²) in [5.41, 5.74) is 8.86. The maximum atomic E-state index is 14.1. The lowest BCUT2D eigenvalue weighted by Crippen LogP contribution is -2.44. The molecule has 0 spiro atoms. The molecule has 1 amide bonds. The Morgan fingerprint density at radius 1 is 1.09 bits per heavy atom. The second kappa shape index (κ2) is 14.7. The summed E-state index contributed by atoms with van der Waals surface area (Å²) >= 11 is 0. The van der Waals surface area contributed by atoms with Gasteiger partial charge in [0.05, 0.1) is 0 Å². The Balaban J connectivity index is 1.37. The lowest BCUT2D eigenvalue weighted by atomic mass is 9.88. The van der Waals surface area contributed by atoms with Crippen molar-refractivity contribution in [2.75, 3.05) is 57.9 Å². The number of H-pyrrole nitrogens is 1. The monoisotopic (exact) mass is 640 g/mol. The smallest absolute Gasteiger partial charge is 0.253 e. The second-order valence-corrected chi connectivity index (χ2v) is 13.6. The van der Waals surface area contributed by atoms with E-state index in [4.69, 9.17) is 9.72 Å². The standard InChI is InChI=1S/C38H52N6O3/c1-6-8-27-21-25(3)41-38(46)33(27)24-40-37(45)31-22-32(28-9-12-35(39-23-28)43-17-15-42(5)16-18-43)30-10-11-34(36(30)26(31)4)44(7-2)29-13-19-47-20-14-29/h9,12,21-23,29,34H,6-8,10-11,13-20,24H2,1-5H3,(H,40,45)(H,41,46). The maximum Gasteiger partial charge on any atom is 0.253 e. The van der Waals surface area contributed by atoms with Crippen LogP contribution in [0.2, 0.25) is 0 Å². The van der Waals surface area contributed by atoms with E-state index in [0.717, 1.165) is 118 Å². The normalized spacial score (nSPS) is 18.9. The molecule has 9 nitrogen and oxygen atoms in total. The van der Waals surface area contributed by atoms with Crippen LogP contribution < -0.4 is 15.8 Å². The van der Waals surface area contributed by atoms with Crippen LogP contribution >= 0.6 is 0 Å². The number of amides is 1. The van der Waals surface area contributed by atoms with Gasteiger partial charge in [0.2, 0.25) is 0 Å². The zero-order valence-electron chi connectivity index (χ0n) is 29.0. The highest BCUT2D eigenvalue weighted by Crippen LogP contribution is 2.45. The number of aryl methyl sites for hydroxylation is 2. The fourth-order valence-electron chi connectivity index (χ4n) is 8.08. The number of likely N-dealkylation sites (N-methyl/N-ethyl adjacent to an activating group) is 1. The van der Waals surface area contributed by atoms with Crippen LogP contribution in [0.4, 0.5) is 5.82 Å². The van der Waals surface area contributed by atoms with Crippen molar-refractivity contribution < 1.29 is 9.53 Å². The molecule has 47 heavy (non-hydrogen) atoms. The number of hydrogen-bond donors (Lipinski definition) is 2. The number of aromatic nitrogens is 2. The van der Waals surface area contributed by atoms with E-state index >= 15 is 0 Å². The highest BCUT2D eigenvalue weighted by Gasteiger charge is 2.36. The molecule has 4 heterocycles. The van der Waals surface area contributed by atoms with Crippen LogP contribution in [0, 0.1) is 13.8 Å². The first-order chi connectivity index (χ1) is 22.8. The van der Waals surface area contributed by atoms with Crippen molar-refractivity contribution in [3.63, 3.8) is 0 Å². The number of hydrogen-bond acceptors (Lipinski definition) is 7. The van der Waals surface area contributed by atoms with Gasteiger partial charge < -0.3 is 24.8 Å². The molecular weight excluding hydrogens is 588 g/mol. The Labute approximate surface area is 279 Å². The van der Waals surface area contributed by atoms with Crippen LogP contribution in [0.3, 0.4) is 0 Å². The minimum Gasteiger partial charge on any atom is -0.381 e. The van der Waals surface area contributed by atoms with Crippen molar-refractivity contribution in [2.24, 2.45) is 0 Å². The highest BCUT2D eigenvalue weighted by atomic mass is 16.5. The number of ether oxygens (including phenoxy) is 1. The predicted molar refractivity (Wildman–Crippen MR) is 188 cm³/mol. The Morgan fingerprint density at radius 3 is 2.53 bits per heavy atom. The van der Waals surface area contributed by atoms with Crippen molar-refractivity contribution in [1.29, 1.82) is 0 Å². The number of piperazine rings is 1. The van der Waals surface area contributed by atoms with Gasteiger partial charge >= 0.3 is 0 Å². The van der Waals surface area contributed by atoms with Gasteiger partial charge in [-0.15, -0.1) is 0 Å². The number of anilines is 1. The number of rotatable bonds is 10. The Kier molecular flexibility index (Phi) is 10.4. The van der Waals surface area contributed by atoms with E-state index in [1.807, 2.05) is 19.2 Å². The first kappa shape index (κ1) is 33.4. The molecule has 1 unspecified atom stereocenters. The molecule has 6 rings (SSSR count). The van der Waals surface area contributed by atoms with E-state index in [9.17, 15) is 9.59 Å². The van der Waals surface area contributed by atoms with Crippen molar-refractivity contribution >= 4 is 11.7 Å². The average Bonchev–Trinajstić information content (AvgIpc) is 3.51. The summed E-state index contributed by atoms with van der Waals surface area (Å²) in [6.07, 6.45) is 7.80. The molecule has 0 radical (unpaired) electrons. The third kappa shape index (κ3) is 7.03. The summed E-state index contributed by atoms with van der Waals surface area (Å²) in [6, 6.07) is 9.15. The number of pyridine rings is 2. The van der Waals surface area contributed by atoms with Gasteiger partial charge in [-0.1, -0.05) is 20.3 Å². The number of aromatic amines is 1. The van der Waals surface area contributed by atoms with E-state index in [0.29, 0.717) is 17.2 Å². The van der Waals surface area contributed by atoms with Crippen LogP contribution in [-0.2, 0) is 24.1 Å². The summed E-state index contributed by atoms with van der Waals surface area (Å²) < 4.78 is 5.72. The molecule has 1 atom stereocenters. The molecule has 2 saturated heterocycles. The first-order valence-electron chi connectivity index (χ1n) is 17.7. The molecular formula is C38H52N6O3. The van der Waals surface area contributed by atoms with Crippen LogP contribution in [-0.4, -0.2) is 84.7 Å². The van der Waals surface area contributed by atoms with Gasteiger partial charge in [-0.2, -0.15) is 0 Å². The fourth-order valence-corrected chi connectivity index (χ4v) is 8.08. The number of carbonyl (C=O) groups is 1. The summed E-state index contributed by atoms with van der Waals surface area (Å²) in [5, 5.41) is 3.15. The summed E-state index contributed by atoms with van der Waals surface area (Å²) in [4.78, 5) is 42.3. The van der Waals surface area contributed by atoms with Gasteiger partial charge in [0.15, 0.2) is 0 Å². The fraction of sp³-hybridized carbons (Fsp3) is 0.553. The van der Waals surface area contributed by atoms with E-state index in [2.05, 4.69) is 71.0 Å². The molecule has 9 heteroatoms. The van der Waals surface area contributed by atoms with Crippen LogP contribution in [0.15, 0.2) is 35.3 Å². The van der Waals surface area contributed by atoms with Gasteiger partial charge in [0.1, 0.15) is 5.82 Å². The molecule has 2 N–H and O–H groups in total. The largest absolute Gasteiger partial charge is 0.381 e. The van der Waals surface area contributed by atoms with E-state index < -0.39 is 0 Å². The third-order valence-corrected chi connectivity index (χ3v) is 10.6. The van der Waals surface area contributed by atoms with Crippen LogP contribution in [0.25, 0.3) is 11.1 Å². The quantitative estimate of drug-likeness (QED) is 0.316. The summed E-state index contributed by atoms with van der Waals surface area (Å²) in [6.45, 7) is 15.1. The van der Waals surface area contributed by atoms with Gasteiger partial charge in [-0.25, -0.2) is 4.98 Å². The van der Waals surface area contributed by atoms with Gasteiger partial charge in [0, 0.05) is 86.6 Å². The Bertz CT molecular complexity index is 1620. The molecule has 1 aromatic carbocycles. The van der Waals surface area contributed by atoms with Crippen LogP contribution in [0.5, 0.6) is 0 Å². The second-order valence-electron chi connectivity index (χ2n) is 13.6. The summed E-state index contributed by atoms with van der Waals surface area (Å²) in [5.74, 6) is 0.861. The van der Waals surface area contributed by atoms with Crippen molar-refractivity contribution in [3.8, 4) is 11.1 Å². The lowest BCUT2D eigenvalue weighted by Gasteiger charge is -2.38.